The first-order valence-corrected chi connectivity index (χ1v) is 9.02. The molecule has 2 aliphatic rings. The summed E-state index contributed by atoms with van der Waals surface area (Å²) in [5.74, 6) is 2.39. The summed E-state index contributed by atoms with van der Waals surface area (Å²) in [6.45, 7) is 5.73. The number of halogens is 1. The van der Waals surface area contributed by atoms with E-state index in [9.17, 15) is 0 Å². The quantitative estimate of drug-likeness (QED) is 0.794. The zero-order valence-electron chi connectivity index (χ0n) is 14.1. The Morgan fingerprint density at radius 3 is 2.75 bits per heavy atom. The Morgan fingerprint density at radius 1 is 1.17 bits per heavy atom. The van der Waals surface area contributed by atoms with E-state index in [4.69, 9.17) is 21.1 Å². The number of ether oxygens (including phenoxy) is 2. The predicted molar refractivity (Wildman–Crippen MR) is 97.7 cm³/mol. The second-order valence-electron chi connectivity index (χ2n) is 6.65. The fourth-order valence-corrected chi connectivity index (χ4v) is 3.89. The van der Waals surface area contributed by atoms with Crippen molar-refractivity contribution in [2.45, 2.75) is 38.5 Å². The van der Waals surface area contributed by atoms with Crippen LogP contribution in [0.25, 0.3) is 0 Å². The highest BCUT2D eigenvalue weighted by Crippen LogP contribution is 2.45. The molecule has 2 aromatic rings. The van der Waals surface area contributed by atoms with Gasteiger partial charge in [-0.15, -0.1) is 0 Å². The minimum atomic E-state index is 0.274. The van der Waals surface area contributed by atoms with Crippen molar-refractivity contribution >= 4 is 17.3 Å². The maximum absolute atomic E-state index is 6.58. The number of hydrogen-bond donors (Lipinski definition) is 1. The van der Waals surface area contributed by atoms with Crippen molar-refractivity contribution in [2.75, 3.05) is 18.7 Å². The molecule has 0 aromatic heterocycles. The first kappa shape index (κ1) is 15.6. The maximum atomic E-state index is 6.58. The summed E-state index contributed by atoms with van der Waals surface area (Å²) in [5.41, 5.74) is 5.07. The highest BCUT2D eigenvalue weighted by Gasteiger charge is 2.27. The molecular formula is C20H22ClNO2. The zero-order chi connectivity index (χ0) is 16.7. The molecule has 126 valence electrons. The van der Waals surface area contributed by atoms with E-state index >= 15 is 0 Å². The first-order chi connectivity index (χ1) is 11.7. The van der Waals surface area contributed by atoms with Crippen molar-refractivity contribution in [3.63, 3.8) is 0 Å². The number of hydrogen-bond acceptors (Lipinski definition) is 3. The van der Waals surface area contributed by atoms with Gasteiger partial charge in [0, 0.05) is 29.2 Å². The van der Waals surface area contributed by atoms with Crippen LogP contribution >= 0.6 is 11.6 Å². The SMILES string of the molecule is CCC(C)c1ccc2c(c1)C(c1cc3c(cc1Cl)OCO3)CCN2. The highest BCUT2D eigenvalue weighted by atomic mass is 35.5. The Hall–Kier alpha value is -1.87. The van der Waals surface area contributed by atoms with Crippen LogP contribution in [0.15, 0.2) is 30.3 Å². The maximum Gasteiger partial charge on any atom is 0.231 e. The summed E-state index contributed by atoms with van der Waals surface area (Å²) in [6.07, 6.45) is 2.16. The molecule has 3 nitrogen and oxygen atoms in total. The van der Waals surface area contributed by atoms with Crippen molar-refractivity contribution in [3.8, 4) is 11.5 Å². The summed E-state index contributed by atoms with van der Waals surface area (Å²) in [6, 6.07) is 10.7. The van der Waals surface area contributed by atoms with Gasteiger partial charge < -0.3 is 14.8 Å². The normalized spacial score (nSPS) is 19.5. The van der Waals surface area contributed by atoms with E-state index < -0.39 is 0 Å². The van der Waals surface area contributed by atoms with E-state index in [0.29, 0.717) is 5.92 Å². The van der Waals surface area contributed by atoms with Gasteiger partial charge in [-0.2, -0.15) is 0 Å². The Bertz CT molecular complexity index is 774. The third-order valence-electron chi connectivity index (χ3n) is 5.25. The zero-order valence-corrected chi connectivity index (χ0v) is 14.8. The van der Waals surface area contributed by atoms with E-state index in [1.54, 1.807) is 0 Å². The molecule has 0 saturated carbocycles. The third kappa shape index (κ3) is 2.61. The minimum absolute atomic E-state index is 0.274. The largest absolute Gasteiger partial charge is 0.454 e. The van der Waals surface area contributed by atoms with Gasteiger partial charge in [-0.25, -0.2) is 0 Å². The van der Waals surface area contributed by atoms with Crippen LogP contribution < -0.4 is 14.8 Å². The second-order valence-corrected chi connectivity index (χ2v) is 7.06. The van der Waals surface area contributed by atoms with E-state index in [1.165, 1.54) is 16.8 Å². The fourth-order valence-electron chi connectivity index (χ4n) is 3.60. The number of benzene rings is 2. The van der Waals surface area contributed by atoms with Crippen LogP contribution in [0.1, 0.15) is 55.2 Å². The van der Waals surface area contributed by atoms with Crippen LogP contribution in [0.5, 0.6) is 11.5 Å². The number of fused-ring (bicyclic) bond motifs is 2. The highest BCUT2D eigenvalue weighted by molar-refractivity contribution is 6.31. The Kier molecular flexibility index (Phi) is 4.05. The summed E-state index contributed by atoms with van der Waals surface area (Å²) >= 11 is 6.58. The van der Waals surface area contributed by atoms with Crippen LogP contribution in [-0.4, -0.2) is 13.3 Å². The summed E-state index contributed by atoms with van der Waals surface area (Å²) in [4.78, 5) is 0. The molecular weight excluding hydrogens is 322 g/mol. The molecule has 4 heteroatoms. The van der Waals surface area contributed by atoms with Crippen molar-refractivity contribution in [3.05, 3.63) is 52.0 Å². The monoisotopic (exact) mass is 343 g/mol. The smallest absolute Gasteiger partial charge is 0.231 e. The minimum Gasteiger partial charge on any atom is -0.454 e. The van der Waals surface area contributed by atoms with Gasteiger partial charge in [0.2, 0.25) is 6.79 Å². The Labute approximate surface area is 147 Å². The summed E-state index contributed by atoms with van der Waals surface area (Å²) < 4.78 is 11.0. The average Bonchev–Trinajstić information content (AvgIpc) is 3.06. The van der Waals surface area contributed by atoms with Crippen LogP contribution in [0.2, 0.25) is 5.02 Å². The number of anilines is 1. The van der Waals surface area contributed by atoms with Gasteiger partial charge in [0.25, 0.3) is 0 Å². The summed E-state index contributed by atoms with van der Waals surface area (Å²) in [5, 5.41) is 4.27. The molecule has 24 heavy (non-hydrogen) atoms. The topological polar surface area (TPSA) is 30.5 Å². The van der Waals surface area contributed by atoms with Gasteiger partial charge in [0.1, 0.15) is 0 Å². The fraction of sp³-hybridized carbons (Fsp3) is 0.400. The van der Waals surface area contributed by atoms with Crippen LogP contribution in [-0.2, 0) is 0 Å². The van der Waals surface area contributed by atoms with Crippen molar-refractivity contribution < 1.29 is 9.47 Å². The van der Waals surface area contributed by atoms with Gasteiger partial charge in [0.15, 0.2) is 11.5 Å². The Morgan fingerprint density at radius 2 is 1.96 bits per heavy atom. The van der Waals surface area contributed by atoms with Gasteiger partial charge >= 0.3 is 0 Å². The molecule has 2 atom stereocenters. The van der Waals surface area contributed by atoms with Gasteiger partial charge in [-0.05, 0) is 47.6 Å². The van der Waals surface area contributed by atoms with E-state index in [2.05, 4.69) is 43.4 Å². The molecule has 2 unspecified atom stereocenters. The lowest BCUT2D eigenvalue weighted by molar-refractivity contribution is 0.174. The average molecular weight is 344 g/mol. The second kappa shape index (κ2) is 6.21. The first-order valence-electron chi connectivity index (χ1n) is 8.64. The molecule has 0 amide bonds. The van der Waals surface area contributed by atoms with E-state index in [-0.39, 0.29) is 12.7 Å². The molecule has 2 aliphatic heterocycles. The molecule has 0 bridgehead atoms. The van der Waals surface area contributed by atoms with Crippen LogP contribution in [0.3, 0.4) is 0 Å². The number of nitrogens with one attached hydrogen (secondary N) is 1. The summed E-state index contributed by atoms with van der Waals surface area (Å²) in [7, 11) is 0. The molecule has 0 saturated heterocycles. The van der Waals surface area contributed by atoms with Gasteiger partial charge in [-0.3, -0.25) is 0 Å². The Balaban J connectivity index is 1.79. The van der Waals surface area contributed by atoms with E-state index in [0.717, 1.165) is 41.5 Å². The lowest BCUT2D eigenvalue weighted by Crippen LogP contribution is -2.18. The van der Waals surface area contributed by atoms with Crippen molar-refractivity contribution in [2.24, 2.45) is 0 Å². The standard InChI is InChI=1S/C20H22ClNO2/c1-3-12(2)13-4-5-18-16(8-13)14(6-7-22-18)15-9-19-20(10-17(15)21)24-11-23-19/h4-5,8-10,12,14,22H,3,6-7,11H2,1-2H3. The molecule has 0 radical (unpaired) electrons. The molecule has 4 rings (SSSR count). The predicted octanol–water partition coefficient (Wildman–Crippen LogP) is 5.53. The molecule has 2 heterocycles. The third-order valence-corrected chi connectivity index (χ3v) is 5.58. The van der Waals surface area contributed by atoms with Gasteiger partial charge in [0.05, 0.1) is 0 Å². The lowest BCUT2D eigenvalue weighted by atomic mass is 9.82. The van der Waals surface area contributed by atoms with Crippen molar-refractivity contribution in [1.82, 2.24) is 0 Å². The van der Waals surface area contributed by atoms with E-state index in [1.807, 2.05) is 6.07 Å². The van der Waals surface area contributed by atoms with Gasteiger partial charge in [-0.1, -0.05) is 37.6 Å². The van der Waals surface area contributed by atoms with Crippen LogP contribution in [0, 0.1) is 0 Å². The van der Waals surface area contributed by atoms with Crippen molar-refractivity contribution in [1.29, 1.82) is 0 Å². The molecule has 1 N–H and O–H groups in total. The molecule has 0 spiro atoms. The lowest BCUT2D eigenvalue weighted by Gasteiger charge is -2.29. The van der Waals surface area contributed by atoms with Crippen LogP contribution in [0.4, 0.5) is 5.69 Å². The molecule has 0 fully saturated rings. The molecule has 2 aromatic carbocycles. The number of rotatable bonds is 3. The molecule has 0 aliphatic carbocycles.